The monoisotopic (exact) mass is 258 g/mol. The van der Waals surface area contributed by atoms with Gasteiger partial charge in [-0.05, 0) is 34.8 Å². The number of pyridine rings is 1. The van der Waals surface area contributed by atoms with Crippen LogP contribution in [0.15, 0.2) is 22.9 Å². The van der Waals surface area contributed by atoms with Gasteiger partial charge in [-0.25, -0.2) is 0 Å². The van der Waals surface area contributed by atoms with Gasteiger partial charge in [0.1, 0.15) is 0 Å². The Kier molecular flexibility index (Phi) is 4.90. The lowest BCUT2D eigenvalue weighted by molar-refractivity contribution is 0.164. The summed E-state index contributed by atoms with van der Waals surface area (Å²) in [4.78, 5) is 4.03. The summed E-state index contributed by atoms with van der Waals surface area (Å²) in [5.74, 6) is 0. The fraction of sp³-hybridized carbons (Fsp3) is 0.500. The number of halogens is 1. The Hall–Kier alpha value is -0.610. The standard InChI is InChI=1S/C10H15BrN2O/c1-2-10(14)3-4-13-9-5-8(11)6-12-7-9/h5-7,10,13-14H,2-4H2,1H3. The summed E-state index contributed by atoms with van der Waals surface area (Å²) >= 11 is 3.34. The highest BCUT2D eigenvalue weighted by molar-refractivity contribution is 9.10. The number of anilines is 1. The number of aliphatic hydroxyl groups is 1. The molecule has 0 spiro atoms. The van der Waals surface area contributed by atoms with E-state index in [1.54, 1.807) is 12.4 Å². The molecule has 2 N–H and O–H groups in total. The minimum atomic E-state index is -0.206. The van der Waals surface area contributed by atoms with Crippen molar-refractivity contribution < 1.29 is 5.11 Å². The largest absolute Gasteiger partial charge is 0.393 e. The molecule has 0 aromatic carbocycles. The van der Waals surface area contributed by atoms with E-state index in [1.807, 2.05) is 13.0 Å². The van der Waals surface area contributed by atoms with Crippen LogP contribution in [0.4, 0.5) is 5.69 Å². The lowest BCUT2D eigenvalue weighted by atomic mass is 10.2. The van der Waals surface area contributed by atoms with E-state index in [0.29, 0.717) is 0 Å². The zero-order valence-corrected chi connectivity index (χ0v) is 9.79. The number of hydrogen-bond donors (Lipinski definition) is 2. The van der Waals surface area contributed by atoms with Crippen LogP contribution in [-0.4, -0.2) is 22.7 Å². The Morgan fingerprint density at radius 1 is 1.57 bits per heavy atom. The second kappa shape index (κ2) is 5.98. The van der Waals surface area contributed by atoms with Gasteiger partial charge in [-0.15, -0.1) is 0 Å². The lowest BCUT2D eigenvalue weighted by Crippen LogP contribution is -2.12. The molecular formula is C10H15BrN2O. The molecule has 0 bridgehead atoms. The van der Waals surface area contributed by atoms with Gasteiger partial charge in [-0.3, -0.25) is 4.98 Å². The zero-order valence-electron chi connectivity index (χ0n) is 8.20. The summed E-state index contributed by atoms with van der Waals surface area (Å²) in [6, 6.07) is 1.96. The first-order valence-electron chi connectivity index (χ1n) is 4.75. The van der Waals surface area contributed by atoms with Crippen LogP contribution in [0.1, 0.15) is 19.8 Å². The zero-order chi connectivity index (χ0) is 10.4. The average molecular weight is 259 g/mol. The third kappa shape index (κ3) is 4.07. The Morgan fingerprint density at radius 2 is 2.36 bits per heavy atom. The molecule has 0 saturated heterocycles. The normalized spacial score (nSPS) is 12.5. The van der Waals surface area contributed by atoms with Crippen LogP contribution in [0.5, 0.6) is 0 Å². The van der Waals surface area contributed by atoms with E-state index in [4.69, 9.17) is 0 Å². The Labute approximate surface area is 92.7 Å². The fourth-order valence-corrected chi connectivity index (χ4v) is 1.46. The van der Waals surface area contributed by atoms with Crippen LogP contribution in [0.3, 0.4) is 0 Å². The summed E-state index contributed by atoms with van der Waals surface area (Å²) in [7, 11) is 0. The molecule has 0 radical (unpaired) electrons. The number of aromatic nitrogens is 1. The molecule has 1 aromatic rings. The number of nitrogens with one attached hydrogen (secondary N) is 1. The maximum Gasteiger partial charge on any atom is 0.0554 e. The highest BCUT2D eigenvalue weighted by Gasteiger charge is 1.99. The highest BCUT2D eigenvalue weighted by Crippen LogP contribution is 2.13. The van der Waals surface area contributed by atoms with Crippen LogP contribution < -0.4 is 5.32 Å². The van der Waals surface area contributed by atoms with E-state index in [2.05, 4.69) is 26.2 Å². The summed E-state index contributed by atoms with van der Waals surface area (Å²) < 4.78 is 0.957. The van der Waals surface area contributed by atoms with Crippen LogP contribution in [0.2, 0.25) is 0 Å². The Balaban J connectivity index is 2.31. The molecule has 0 fully saturated rings. The van der Waals surface area contributed by atoms with Gasteiger partial charge < -0.3 is 10.4 Å². The van der Waals surface area contributed by atoms with Crippen molar-refractivity contribution in [3.63, 3.8) is 0 Å². The van der Waals surface area contributed by atoms with Gasteiger partial charge in [0, 0.05) is 17.2 Å². The first-order valence-corrected chi connectivity index (χ1v) is 5.54. The molecule has 1 aromatic heterocycles. The van der Waals surface area contributed by atoms with Gasteiger partial charge in [0.05, 0.1) is 18.0 Å². The van der Waals surface area contributed by atoms with Gasteiger partial charge in [0.2, 0.25) is 0 Å². The van der Waals surface area contributed by atoms with Crippen molar-refractivity contribution in [2.75, 3.05) is 11.9 Å². The second-order valence-electron chi connectivity index (χ2n) is 3.17. The third-order valence-electron chi connectivity index (χ3n) is 1.98. The van der Waals surface area contributed by atoms with Gasteiger partial charge in [-0.2, -0.15) is 0 Å². The minimum Gasteiger partial charge on any atom is -0.393 e. The molecule has 14 heavy (non-hydrogen) atoms. The molecule has 0 aliphatic rings. The summed E-state index contributed by atoms with van der Waals surface area (Å²) in [6.07, 6.45) is 4.87. The molecular weight excluding hydrogens is 244 g/mol. The molecule has 0 amide bonds. The van der Waals surface area contributed by atoms with Crippen molar-refractivity contribution >= 4 is 21.6 Å². The van der Waals surface area contributed by atoms with E-state index < -0.39 is 0 Å². The van der Waals surface area contributed by atoms with E-state index >= 15 is 0 Å². The Bertz CT molecular complexity index is 281. The van der Waals surface area contributed by atoms with Crippen molar-refractivity contribution in [3.8, 4) is 0 Å². The van der Waals surface area contributed by atoms with Crippen molar-refractivity contribution in [3.05, 3.63) is 22.9 Å². The molecule has 1 atom stereocenters. The van der Waals surface area contributed by atoms with Crippen LogP contribution in [0, 0.1) is 0 Å². The van der Waals surface area contributed by atoms with E-state index in [0.717, 1.165) is 29.5 Å². The molecule has 0 aliphatic carbocycles. The molecule has 1 rings (SSSR count). The highest BCUT2D eigenvalue weighted by atomic mass is 79.9. The number of nitrogens with zero attached hydrogens (tertiary/aromatic N) is 1. The van der Waals surface area contributed by atoms with Crippen molar-refractivity contribution in [2.45, 2.75) is 25.9 Å². The van der Waals surface area contributed by atoms with Crippen molar-refractivity contribution in [1.29, 1.82) is 0 Å². The minimum absolute atomic E-state index is 0.206. The maximum absolute atomic E-state index is 9.33. The topological polar surface area (TPSA) is 45.1 Å². The summed E-state index contributed by atoms with van der Waals surface area (Å²) in [6.45, 7) is 2.75. The summed E-state index contributed by atoms with van der Waals surface area (Å²) in [5.41, 5.74) is 0.975. The van der Waals surface area contributed by atoms with Gasteiger partial charge in [0.15, 0.2) is 0 Å². The average Bonchev–Trinajstić information content (AvgIpc) is 2.17. The smallest absolute Gasteiger partial charge is 0.0554 e. The van der Waals surface area contributed by atoms with E-state index in [-0.39, 0.29) is 6.10 Å². The van der Waals surface area contributed by atoms with Crippen molar-refractivity contribution in [2.24, 2.45) is 0 Å². The molecule has 0 aliphatic heterocycles. The van der Waals surface area contributed by atoms with E-state index in [1.165, 1.54) is 0 Å². The third-order valence-corrected chi connectivity index (χ3v) is 2.42. The lowest BCUT2D eigenvalue weighted by Gasteiger charge is -2.09. The van der Waals surface area contributed by atoms with Gasteiger partial charge in [0.25, 0.3) is 0 Å². The van der Waals surface area contributed by atoms with Gasteiger partial charge >= 0.3 is 0 Å². The molecule has 1 heterocycles. The predicted molar refractivity (Wildman–Crippen MR) is 61.3 cm³/mol. The molecule has 3 nitrogen and oxygen atoms in total. The Morgan fingerprint density at radius 3 is 3.00 bits per heavy atom. The van der Waals surface area contributed by atoms with Crippen LogP contribution in [0.25, 0.3) is 0 Å². The number of hydrogen-bond acceptors (Lipinski definition) is 3. The fourth-order valence-electron chi connectivity index (χ4n) is 1.10. The maximum atomic E-state index is 9.33. The first-order chi connectivity index (χ1) is 6.72. The predicted octanol–water partition coefficient (Wildman–Crippen LogP) is 2.42. The molecule has 78 valence electrons. The van der Waals surface area contributed by atoms with Crippen LogP contribution in [-0.2, 0) is 0 Å². The molecule has 4 heteroatoms. The molecule has 1 unspecified atom stereocenters. The number of aliphatic hydroxyl groups excluding tert-OH is 1. The summed E-state index contributed by atoms with van der Waals surface area (Å²) in [5, 5.41) is 12.5. The van der Waals surface area contributed by atoms with Crippen LogP contribution >= 0.6 is 15.9 Å². The first kappa shape index (κ1) is 11.5. The molecule has 0 saturated carbocycles. The number of rotatable bonds is 5. The van der Waals surface area contributed by atoms with Crippen molar-refractivity contribution in [1.82, 2.24) is 4.98 Å². The van der Waals surface area contributed by atoms with Gasteiger partial charge in [-0.1, -0.05) is 6.92 Å². The SMILES string of the molecule is CCC(O)CCNc1cncc(Br)c1. The quantitative estimate of drug-likeness (QED) is 0.853. The van der Waals surface area contributed by atoms with E-state index in [9.17, 15) is 5.11 Å². The second-order valence-corrected chi connectivity index (χ2v) is 4.09.